The Morgan fingerprint density at radius 2 is 1.77 bits per heavy atom. The number of nitrogens with one attached hydrogen (secondary N) is 1. The fourth-order valence-corrected chi connectivity index (χ4v) is 2.75. The molecule has 4 aromatic rings. The van der Waals surface area contributed by atoms with Crippen LogP contribution >= 0.6 is 0 Å². The third kappa shape index (κ3) is 3.11. The van der Waals surface area contributed by atoms with Gasteiger partial charge in [-0.2, -0.15) is 0 Å². The maximum absolute atomic E-state index is 5.72. The van der Waals surface area contributed by atoms with Crippen molar-refractivity contribution in [3.63, 3.8) is 0 Å². The molecule has 126 valence electrons. The summed E-state index contributed by atoms with van der Waals surface area (Å²) in [5.41, 5.74) is 11.1. The van der Waals surface area contributed by atoms with E-state index >= 15 is 0 Å². The van der Waals surface area contributed by atoms with E-state index in [0.29, 0.717) is 0 Å². The number of rotatable bonds is 2. The van der Waals surface area contributed by atoms with Crippen LogP contribution in [0.1, 0.15) is 11.1 Å². The second kappa shape index (κ2) is 6.66. The molecular weight excluding hydrogens is 322 g/mol. The van der Waals surface area contributed by atoms with Crippen LogP contribution in [0.2, 0.25) is 0 Å². The van der Waals surface area contributed by atoms with Crippen LogP contribution < -0.4 is 10.5 Å². The Balaban J connectivity index is 1.75. The Morgan fingerprint density at radius 3 is 2.54 bits per heavy atom. The van der Waals surface area contributed by atoms with Crippen LogP contribution in [0.4, 0.5) is 5.69 Å². The number of ether oxygens (including phenoxy) is 1. The summed E-state index contributed by atoms with van der Waals surface area (Å²) in [5, 5.41) is 0. The van der Waals surface area contributed by atoms with Gasteiger partial charge in [0, 0.05) is 16.8 Å². The number of hydrogen-bond acceptors (Lipinski definition) is 3. The van der Waals surface area contributed by atoms with Crippen molar-refractivity contribution in [2.45, 2.75) is 0 Å². The number of aromatic nitrogens is 2. The molecule has 4 heteroatoms. The standard InChI is InChI=1S/C22H17N3O/c1-26-21-13-10-17(22-24-19-4-2-3-5-20(19)25-22)14-16(21)9-6-15-7-11-18(23)12-8-15/h2-5,7-8,10-14H,23H2,1H3,(H,24,25). The van der Waals surface area contributed by atoms with Crippen LogP contribution in [-0.4, -0.2) is 17.1 Å². The number of benzene rings is 3. The smallest absolute Gasteiger partial charge is 0.138 e. The molecule has 3 N–H and O–H groups in total. The first kappa shape index (κ1) is 15.8. The van der Waals surface area contributed by atoms with E-state index in [9.17, 15) is 0 Å². The first-order valence-electron chi connectivity index (χ1n) is 8.24. The molecule has 1 heterocycles. The first-order valence-corrected chi connectivity index (χ1v) is 8.24. The number of fused-ring (bicyclic) bond motifs is 1. The number of H-pyrrole nitrogens is 1. The van der Waals surface area contributed by atoms with Crippen molar-refractivity contribution < 1.29 is 4.74 Å². The molecule has 0 aliphatic heterocycles. The summed E-state index contributed by atoms with van der Waals surface area (Å²) in [6.45, 7) is 0. The van der Waals surface area contributed by atoms with E-state index in [-0.39, 0.29) is 0 Å². The Hall–Kier alpha value is -3.71. The normalized spacial score (nSPS) is 10.3. The highest BCUT2D eigenvalue weighted by atomic mass is 16.5. The highest BCUT2D eigenvalue weighted by Crippen LogP contribution is 2.26. The van der Waals surface area contributed by atoms with Crippen LogP contribution in [0.3, 0.4) is 0 Å². The zero-order valence-corrected chi connectivity index (χ0v) is 14.3. The third-order valence-corrected chi connectivity index (χ3v) is 4.11. The van der Waals surface area contributed by atoms with Gasteiger partial charge in [-0.3, -0.25) is 0 Å². The van der Waals surface area contributed by atoms with Crippen LogP contribution in [-0.2, 0) is 0 Å². The minimum atomic E-state index is 0.722. The van der Waals surface area contributed by atoms with Crippen molar-refractivity contribution in [1.82, 2.24) is 9.97 Å². The highest BCUT2D eigenvalue weighted by Gasteiger charge is 2.08. The van der Waals surface area contributed by atoms with Gasteiger partial charge in [-0.25, -0.2) is 4.98 Å². The lowest BCUT2D eigenvalue weighted by molar-refractivity contribution is 0.413. The fraction of sp³-hybridized carbons (Fsp3) is 0.0455. The predicted molar refractivity (Wildman–Crippen MR) is 105 cm³/mol. The summed E-state index contributed by atoms with van der Waals surface area (Å²) in [6, 6.07) is 21.3. The number of anilines is 1. The number of para-hydroxylation sites is 2. The van der Waals surface area contributed by atoms with Crippen molar-refractivity contribution in [3.05, 3.63) is 77.9 Å². The number of aromatic amines is 1. The van der Waals surface area contributed by atoms with Gasteiger partial charge in [0.15, 0.2) is 0 Å². The molecule has 0 fully saturated rings. The summed E-state index contributed by atoms with van der Waals surface area (Å²) in [6.07, 6.45) is 0. The van der Waals surface area contributed by atoms with Gasteiger partial charge in [0.1, 0.15) is 11.6 Å². The van der Waals surface area contributed by atoms with Gasteiger partial charge >= 0.3 is 0 Å². The molecule has 3 aromatic carbocycles. The van der Waals surface area contributed by atoms with Crippen molar-refractivity contribution >= 4 is 16.7 Å². The summed E-state index contributed by atoms with van der Waals surface area (Å²) < 4.78 is 5.45. The first-order chi connectivity index (χ1) is 12.7. The molecule has 0 atom stereocenters. The molecule has 0 spiro atoms. The molecule has 0 bridgehead atoms. The number of nitrogen functional groups attached to an aromatic ring is 1. The molecule has 0 saturated carbocycles. The highest BCUT2D eigenvalue weighted by molar-refractivity contribution is 5.79. The van der Waals surface area contributed by atoms with Crippen molar-refractivity contribution in [2.75, 3.05) is 12.8 Å². The van der Waals surface area contributed by atoms with Crippen molar-refractivity contribution in [3.8, 4) is 29.0 Å². The van der Waals surface area contributed by atoms with Crippen LogP contribution in [0.5, 0.6) is 5.75 Å². The van der Waals surface area contributed by atoms with E-state index in [4.69, 9.17) is 10.5 Å². The quantitative estimate of drug-likeness (QED) is 0.424. The molecule has 4 nitrogen and oxygen atoms in total. The Kier molecular flexibility index (Phi) is 4.04. The van der Waals surface area contributed by atoms with Crippen LogP contribution in [0, 0.1) is 11.8 Å². The molecule has 0 radical (unpaired) electrons. The van der Waals surface area contributed by atoms with Crippen LogP contribution in [0.25, 0.3) is 22.4 Å². The molecule has 4 rings (SSSR count). The lowest BCUT2D eigenvalue weighted by Gasteiger charge is -2.05. The Bertz CT molecular complexity index is 1100. The van der Waals surface area contributed by atoms with E-state index < -0.39 is 0 Å². The maximum Gasteiger partial charge on any atom is 0.138 e. The topological polar surface area (TPSA) is 63.9 Å². The number of nitrogens with zero attached hydrogens (tertiary/aromatic N) is 1. The SMILES string of the molecule is COc1ccc(-c2nc3ccccc3[nH]2)cc1C#Cc1ccc(N)cc1. The van der Waals surface area contributed by atoms with Crippen molar-refractivity contribution in [1.29, 1.82) is 0 Å². The van der Waals surface area contributed by atoms with E-state index in [2.05, 4.69) is 21.8 Å². The largest absolute Gasteiger partial charge is 0.495 e. The van der Waals surface area contributed by atoms with Gasteiger partial charge in [0.2, 0.25) is 0 Å². The maximum atomic E-state index is 5.72. The Labute approximate surface area is 151 Å². The summed E-state index contributed by atoms with van der Waals surface area (Å²) in [7, 11) is 1.64. The lowest BCUT2D eigenvalue weighted by Crippen LogP contribution is -1.90. The molecule has 0 saturated heterocycles. The minimum Gasteiger partial charge on any atom is -0.495 e. The van der Waals surface area contributed by atoms with Gasteiger partial charge in [0.25, 0.3) is 0 Å². The zero-order valence-electron chi connectivity index (χ0n) is 14.3. The monoisotopic (exact) mass is 339 g/mol. The van der Waals surface area contributed by atoms with Gasteiger partial charge in [-0.15, -0.1) is 0 Å². The summed E-state index contributed by atoms with van der Waals surface area (Å²) >= 11 is 0. The van der Waals surface area contributed by atoms with E-state index in [1.807, 2.05) is 66.7 Å². The van der Waals surface area contributed by atoms with Gasteiger partial charge in [-0.05, 0) is 54.6 Å². The van der Waals surface area contributed by atoms with E-state index in [1.165, 1.54) is 0 Å². The predicted octanol–water partition coefficient (Wildman–Crippen LogP) is 4.22. The van der Waals surface area contributed by atoms with Gasteiger partial charge < -0.3 is 15.5 Å². The van der Waals surface area contributed by atoms with E-state index in [0.717, 1.165) is 45.0 Å². The molecule has 0 unspecified atom stereocenters. The molecule has 26 heavy (non-hydrogen) atoms. The molecule has 1 aromatic heterocycles. The van der Waals surface area contributed by atoms with Gasteiger partial charge in [-0.1, -0.05) is 24.0 Å². The number of nitrogens with two attached hydrogens (primary N) is 1. The second-order valence-electron chi connectivity index (χ2n) is 5.89. The lowest BCUT2D eigenvalue weighted by atomic mass is 10.1. The van der Waals surface area contributed by atoms with Crippen molar-refractivity contribution in [2.24, 2.45) is 0 Å². The van der Waals surface area contributed by atoms with Gasteiger partial charge in [0.05, 0.1) is 23.7 Å². The summed E-state index contributed by atoms with van der Waals surface area (Å²) in [4.78, 5) is 7.99. The molecular formula is C22H17N3O. The number of methoxy groups -OCH3 is 1. The molecule has 0 amide bonds. The number of hydrogen-bond donors (Lipinski definition) is 2. The molecule has 0 aliphatic carbocycles. The average Bonchev–Trinajstić information content (AvgIpc) is 3.11. The number of imidazole rings is 1. The third-order valence-electron chi connectivity index (χ3n) is 4.11. The van der Waals surface area contributed by atoms with Crippen LogP contribution in [0.15, 0.2) is 66.7 Å². The Morgan fingerprint density at radius 1 is 0.962 bits per heavy atom. The average molecular weight is 339 g/mol. The van der Waals surface area contributed by atoms with E-state index in [1.54, 1.807) is 7.11 Å². The second-order valence-corrected chi connectivity index (χ2v) is 5.89. The zero-order chi connectivity index (χ0) is 17.9. The minimum absolute atomic E-state index is 0.722. The fourth-order valence-electron chi connectivity index (χ4n) is 2.75. The summed E-state index contributed by atoms with van der Waals surface area (Å²) in [5.74, 6) is 7.88. The molecule has 0 aliphatic rings.